The molecule has 0 atom stereocenters. The van der Waals surface area contributed by atoms with E-state index in [0.717, 1.165) is 5.56 Å². The summed E-state index contributed by atoms with van der Waals surface area (Å²) in [5.74, 6) is 0.336. The fourth-order valence-electron chi connectivity index (χ4n) is 1.38. The topological polar surface area (TPSA) is 56.3 Å². The van der Waals surface area contributed by atoms with Gasteiger partial charge in [-0.25, -0.2) is 0 Å². The molecule has 0 aliphatic heterocycles. The van der Waals surface area contributed by atoms with Gasteiger partial charge in [0.1, 0.15) is 15.6 Å². The average Bonchev–Trinajstić information content (AvgIpc) is 2.74. The van der Waals surface area contributed by atoms with Gasteiger partial charge < -0.3 is 4.42 Å². The van der Waals surface area contributed by atoms with Crippen molar-refractivity contribution in [1.82, 2.24) is 0 Å². The predicted molar refractivity (Wildman–Crippen MR) is 62.6 cm³/mol. The smallest absolute Gasteiger partial charge is 0.400 e. The summed E-state index contributed by atoms with van der Waals surface area (Å²) in [6.45, 7) is 0. The Hall–Kier alpha value is -1.75. The van der Waals surface area contributed by atoms with Crippen LogP contribution in [0.3, 0.4) is 0 Å². The van der Waals surface area contributed by atoms with E-state index in [1.54, 1.807) is 12.3 Å². The highest BCUT2D eigenvalue weighted by atomic mass is 32.2. The standard InChI is InChI=1S/C11H9NO3S/c1-16-10-7-9(15-11(10)12(13)14)8-5-3-2-4-6-8/h2-7H,1H3. The second-order valence-corrected chi connectivity index (χ2v) is 3.96. The minimum absolute atomic E-state index is 0.189. The van der Waals surface area contributed by atoms with Gasteiger partial charge in [-0.05, 0) is 6.26 Å². The van der Waals surface area contributed by atoms with Gasteiger partial charge in [0.15, 0.2) is 0 Å². The van der Waals surface area contributed by atoms with E-state index in [-0.39, 0.29) is 5.88 Å². The van der Waals surface area contributed by atoms with Gasteiger partial charge in [-0.2, -0.15) is 0 Å². The van der Waals surface area contributed by atoms with Crippen molar-refractivity contribution in [3.05, 3.63) is 46.5 Å². The summed E-state index contributed by atoms with van der Waals surface area (Å²) in [5.41, 5.74) is 0.839. The number of hydrogen-bond donors (Lipinski definition) is 0. The summed E-state index contributed by atoms with van der Waals surface area (Å²) in [6.07, 6.45) is 1.78. The van der Waals surface area contributed by atoms with Gasteiger partial charge in [0, 0.05) is 11.6 Å². The third-order valence-corrected chi connectivity index (χ3v) is 2.86. The lowest BCUT2D eigenvalue weighted by Crippen LogP contribution is -1.85. The molecule has 16 heavy (non-hydrogen) atoms. The van der Waals surface area contributed by atoms with E-state index < -0.39 is 4.92 Å². The number of nitro groups is 1. The van der Waals surface area contributed by atoms with E-state index in [4.69, 9.17) is 4.42 Å². The Morgan fingerprint density at radius 2 is 2.00 bits per heavy atom. The van der Waals surface area contributed by atoms with Crippen LogP contribution in [-0.2, 0) is 0 Å². The molecule has 0 amide bonds. The lowest BCUT2D eigenvalue weighted by atomic mass is 10.2. The maximum Gasteiger partial charge on any atom is 0.447 e. The third-order valence-electron chi connectivity index (χ3n) is 2.12. The summed E-state index contributed by atoms with van der Waals surface area (Å²) in [7, 11) is 0. The van der Waals surface area contributed by atoms with Crippen molar-refractivity contribution in [3.8, 4) is 11.3 Å². The molecule has 0 fully saturated rings. The van der Waals surface area contributed by atoms with Gasteiger partial charge in [-0.15, -0.1) is 11.8 Å². The van der Waals surface area contributed by atoms with Gasteiger partial charge in [0.05, 0.1) is 0 Å². The molecule has 0 spiro atoms. The van der Waals surface area contributed by atoms with Crippen LogP contribution in [-0.4, -0.2) is 11.2 Å². The van der Waals surface area contributed by atoms with Crippen molar-refractivity contribution in [1.29, 1.82) is 0 Å². The van der Waals surface area contributed by atoms with Crippen molar-refractivity contribution in [2.75, 3.05) is 6.26 Å². The summed E-state index contributed by atoms with van der Waals surface area (Å²) in [6, 6.07) is 11.0. The molecule has 2 rings (SSSR count). The molecule has 82 valence electrons. The van der Waals surface area contributed by atoms with Crippen molar-refractivity contribution < 1.29 is 9.34 Å². The van der Waals surface area contributed by atoms with E-state index in [2.05, 4.69) is 0 Å². The molecule has 0 aliphatic carbocycles. The summed E-state index contributed by atoms with van der Waals surface area (Å²) >= 11 is 1.30. The fourth-order valence-corrected chi connectivity index (χ4v) is 1.90. The van der Waals surface area contributed by atoms with Crippen molar-refractivity contribution in [2.24, 2.45) is 0 Å². The fraction of sp³-hybridized carbons (Fsp3) is 0.0909. The van der Waals surface area contributed by atoms with Crippen molar-refractivity contribution in [3.63, 3.8) is 0 Å². The van der Waals surface area contributed by atoms with Gasteiger partial charge in [0.25, 0.3) is 0 Å². The van der Waals surface area contributed by atoms with Crippen LogP contribution in [0.4, 0.5) is 5.88 Å². The van der Waals surface area contributed by atoms with Crippen LogP contribution < -0.4 is 0 Å². The number of thioether (sulfide) groups is 1. The molecule has 2 aromatic rings. The van der Waals surface area contributed by atoms with E-state index in [0.29, 0.717) is 10.7 Å². The lowest BCUT2D eigenvalue weighted by molar-refractivity contribution is -0.404. The lowest BCUT2D eigenvalue weighted by Gasteiger charge is -1.92. The normalized spacial score (nSPS) is 10.3. The highest BCUT2D eigenvalue weighted by Crippen LogP contribution is 2.35. The van der Waals surface area contributed by atoms with Crippen LogP contribution in [0.1, 0.15) is 0 Å². The Kier molecular flexibility index (Phi) is 2.96. The Morgan fingerprint density at radius 1 is 1.31 bits per heavy atom. The van der Waals surface area contributed by atoms with Crippen LogP contribution in [0.15, 0.2) is 45.7 Å². The molecule has 5 heteroatoms. The van der Waals surface area contributed by atoms with Crippen LogP contribution in [0.25, 0.3) is 11.3 Å². The third kappa shape index (κ3) is 1.94. The van der Waals surface area contributed by atoms with Crippen LogP contribution in [0.5, 0.6) is 0 Å². The molecular formula is C11H9NO3S. The summed E-state index contributed by atoms with van der Waals surface area (Å²) in [4.78, 5) is 10.8. The van der Waals surface area contributed by atoms with Gasteiger partial charge in [-0.3, -0.25) is 10.1 Å². The number of benzene rings is 1. The molecule has 0 N–H and O–H groups in total. The van der Waals surface area contributed by atoms with E-state index in [1.165, 1.54) is 11.8 Å². The monoisotopic (exact) mass is 235 g/mol. The van der Waals surface area contributed by atoms with Gasteiger partial charge in [0.2, 0.25) is 0 Å². The molecule has 0 radical (unpaired) electrons. The molecule has 1 aromatic heterocycles. The molecule has 0 unspecified atom stereocenters. The number of nitrogens with zero attached hydrogens (tertiary/aromatic N) is 1. The SMILES string of the molecule is CSc1cc(-c2ccccc2)oc1[N+](=O)[O-]. The van der Waals surface area contributed by atoms with Crippen LogP contribution in [0, 0.1) is 10.1 Å². The summed E-state index contributed by atoms with van der Waals surface area (Å²) < 4.78 is 5.23. The van der Waals surface area contributed by atoms with Crippen molar-refractivity contribution in [2.45, 2.75) is 4.90 Å². The van der Waals surface area contributed by atoms with Gasteiger partial charge in [-0.1, -0.05) is 30.3 Å². The molecule has 4 nitrogen and oxygen atoms in total. The largest absolute Gasteiger partial charge is 0.447 e. The average molecular weight is 235 g/mol. The Bertz CT molecular complexity index is 507. The Labute approximate surface area is 96.4 Å². The molecule has 1 aromatic carbocycles. The highest BCUT2D eigenvalue weighted by Gasteiger charge is 2.21. The minimum Gasteiger partial charge on any atom is -0.400 e. The molecule has 0 aliphatic rings. The maximum atomic E-state index is 10.7. The number of rotatable bonds is 3. The van der Waals surface area contributed by atoms with Crippen LogP contribution in [0.2, 0.25) is 0 Å². The first-order valence-corrected chi connectivity index (χ1v) is 5.82. The molecule has 0 saturated carbocycles. The van der Waals surface area contributed by atoms with E-state index in [1.807, 2.05) is 30.3 Å². The quantitative estimate of drug-likeness (QED) is 0.463. The maximum absolute atomic E-state index is 10.7. The first-order chi connectivity index (χ1) is 7.72. The Morgan fingerprint density at radius 3 is 2.50 bits per heavy atom. The molecular weight excluding hydrogens is 226 g/mol. The van der Waals surface area contributed by atoms with Crippen LogP contribution >= 0.6 is 11.8 Å². The van der Waals surface area contributed by atoms with E-state index >= 15 is 0 Å². The zero-order valence-electron chi connectivity index (χ0n) is 8.54. The zero-order valence-corrected chi connectivity index (χ0v) is 9.36. The second-order valence-electron chi connectivity index (χ2n) is 3.11. The predicted octanol–water partition coefficient (Wildman–Crippen LogP) is 3.58. The van der Waals surface area contributed by atoms with E-state index in [9.17, 15) is 10.1 Å². The van der Waals surface area contributed by atoms with Gasteiger partial charge >= 0.3 is 5.88 Å². The molecule has 1 heterocycles. The minimum atomic E-state index is -0.502. The molecule has 0 bridgehead atoms. The second kappa shape index (κ2) is 4.40. The van der Waals surface area contributed by atoms with Crippen molar-refractivity contribution >= 4 is 17.6 Å². The molecule has 0 saturated heterocycles. The number of hydrogen-bond acceptors (Lipinski definition) is 4. The highest BCUT2D eigenvalue weighted by molar-refractivity contribution is 7.98. The summed E-state index contributed by atoms with van der Waals surface area (Å²) in [5, 5.41) is 10.7. The zero-order chi connectivity index (χ0) is 11.5. The first kappa shape index (κ1) is 10.8. The number of furan rings is 1. The first-order valence-electron chi connectivity index (χ1n) is 4.60. The Balaban J connectivity index is 2.48.